The summed E-state index contributed by atoms with van der Waals surface area (Å²) in [6.45, 7) is 1.91. The van der Waals surface area contributed by atoms with Gasteiger partial charge in [0.1, 0.15) is 0 Å². The quantitative estimate of drug-likeness (QED) is 0.500. The Morgan fingerprint density at radius 2 is 2.33 bits per heavy atom. The maximum absolute atomic E-state index is 4.45. The van der Waals surface area contributed by atoms with Gasteiger partial charge < -0.3 is 0 Å². The first-order chi connectivity index (χ1) is 2.91. The summed E-state index contributed by atoms with van der Waals surface area (Å²) in [6, 6.07) is 0. The second-order valence-corrected chi connectivity index (χ2v) is 0.822. The molecule has 0 aliphatic heterocycles. The Bertz CT molecular complexity index is 42.8. The van der Waals surface area contributed by atoms with E-state index in [0.29, 0.717) is 0 Å². The van der Waals surface area contributed by atoms with Crippen LogP contribution < -0.4 is 5.48 Å². The Balaban J connectivity index is 2.66. The molecule has 0 rings (SSSR count). The summed E-state index contributed by atoms with van der Waals surface area (Å²) in [7, 11) is 1.57. The molecule has 0 amide bonds. The van der Waals surface area contributed by atoms with Crippen LogP contribution in [0.1, 0.15) is 6.92 Å². The minimum atomic E-state index is 1.57. The molecule has 0 radical (unpaired) electrons. The number of hydrogen-bond donors (Lipinski definition) is 1. The van der Waals surface area contributed by atoms with Crippen LogP contribution in [0.5, 0.6) is 0 Å². The van der Waals surface area contributed by atoms with E-state index >= 15 is 0 Å². The molecule has 0 saturated heterocycles. The Kier molecular flexibility index (Phi) is 4.12. The first-order valence-electron chi connectivity index (χ1n) is 1.81. The van der Waals surface area contributed by atoms with E-state index in [0.717, 1.165) is 0 Å². The topological polar surface area (TPSA) is 21.3 Å². The lowest BCUT2D eigenvalue weighted by Gasteiger charge is -1.87. The molecule has 6 heavy (non-hydrogen) atoms. The van der Waals surface area contributed by atoms with Gasteiger partial charge in [0, 0.05) is 6.20 Å². The second-order valence-electron chi connectivity index (χ2n) is 0.822. The minimum Gasteiger partial charge on any atom is -0.280 e. The Morgan fingerprint density at radius 3 is 2.50 bits per heavy atom. The summed E-state index contributed by atoms with van der Waals surface area (Å²) in [4.78, 5) is 4.45. The molecule has 0 aromatic heterocycles. The van der Waals surface area contributed by atoms with E-state index in [1.54, 1.807) is 13.3 Å². The van der Waals surface area contributed by atoms with Crippen LogP contribution in [0.15, 0.2) is 12.3 Å². The van der Waals surface area contributed by atoms with Crippen LogP contribution >= 0.6 is 0 Å². The lowest BCUT2D eigenvalue weighted by molar-refractivity contribution is 0.128. The lowest BCUT2D eigenvalue weighted by atomic mass is 10.7. The molecule has 0 aromatic rings. The average molecular weight is 87.1 g/mol. The third-order valence-corrected chi connectivity index (χ3v) is 0.353. The summed E-state index contributed by atoms with van der Waals surface area (Å²) in [5, 5.41) is 0. The van der Waals surface area contributed by atoms with Gasteiger partial charge in [-0.2, -0.15) is 0 Å². The molecule has 0 heterocycles. The second kappa shape index (κ2) is 4.50. The van der Waals surface area contributed by atoms with Gasteiger partial charge in [-0.25, -0.2) is 0 Å². The lowest BCUT2D eigenvalue weighted by Crippen LogP contribution is -1.99. The van der Waals surface area contributed by atoms with Crippen molar-refractivity contribution in [3.05, 3.63) is 12.3 Å². The molecular formula is C4H9NO. The van der Waals surface area contributed by atoms with Gasteiger partial charge in [-0.05, 0) is 6.92 Å². The Labute approximate surface area is 37.8 Å². The highest BCUT2D eigenvalue weighted by atomic mass is 16.6. The van der Waals surface area contributed by atoms with Crippen molar-refractivity contribution in [1.82, 2.24) is 5.48 Å². The standard InChI is InChI=1S/C4H9NO/c1-3-4-5-6-2/h3-5H,1-2H3/b4-3-. The summed E-state index contributed by atoms with van der Waals surface area (Å²) in [5.74, 6) is 0. The van der Waals surface area contributed by atoms with Crippen LogP contribution in [0.3, 0.4) is 0 Å². The van der Waals surface area contributed by atoms with Crippen LogP contribution in [-0.2, 0) is 4.84 Å². The monoisotopic (exact) mass is 87.1 g/mol. The summed E-state index contributed by atoms with van der Waals surface area (Å²) in [6.07, 6.45) is 3.56. The van der Waals surface area contributed by atoms with Crippen LogP contribution in [-0.4, -0.2) is 7.11 Å². The van der Waals surface area contributed by atoms with E-state index in [-0.39, 0.29) is 0 Å². The molecule has 0 unspecified atom stereocenters. The van der Waals surface area contributed by atoms with Gasteiger partial charge >= 0.3 is 0 Å². The summed E-state index contributed by atoms with van der Waals surface area (Å²) in [5.41, 5.74) is 2.52. The smallest absolute Gasteiger partial charge is 0.0636 e. The fourth-order valence-corrected chi connectivity index (χ4v) is 0.136. The maximum Gasteiger partial charge on any atom is 0.0636 e. The van der Waals surface area contributed by atoms with Gasteiger partial charge in [-0.1, -0.05) is 6.08 Å². The Morgan fingerprint density at radius 1 is 1.67 bits per heavy atom. The van der Waals surface area contributed by atoms with Gasteiger partial charge in [0.15, 0.2) is 0 Å². The van der Waals surface area contributed by atoms with Crippen molar-refractivity contribution in [1.29, 1.82) is 0 Å². The van der Waals surface area contributed by atoms with Crippen LogP contribution in [0.2, 0.25) is 0 Å². The van der Waals surface area contributed by atoms with Crippen LogP contribution in [0, 0.1) is 0 Å². The van der Waals surface area contributed by atoms with E-state index in [1.165, 1.54) is 0 Å². The van der Waals surface area contributed by atoms with Gasteiger partial charge in [0.05, 0.1) is 7.11 Å². The molecule has 0 bridgehead atoms. The highest BCUT2D eigenvalue weighted by Gasteiger charge is 1.56. The molecule has 1 N–H and O–H groups in total. The van der Waals surface area contributed by atoms with E-state index in [9.17, 15) is 0 Å². The summed E-state index contributed by atoms with van der Waals surface area (Å²) < 4.78 is 0. The van der Waals surface area contributed by atoms with E-state index in [4.69, 9.17) is 0 Å². The largest absolute Gasteiger partial charge is 0.280 e. The van der Waals surface area contributed by atoms with Crippen LogP contribution in [0.25, 0.3) is 0 Å². The van der Waals surface area contributed by atoms with Crippen molar-refractivity contribution < 1.29 is 4.84 Å². The predicted octanol–water partition coefficient (Wildman–Crippen LogP) is 0.671. The molecule has 36 valence electrons. The molecule has 0 spiro atoms. The molecule has 2 heteroatoms. The Hall–Kier alpha value is -0.500. The summed E-state index contributed by atoms with van der Waals surface area (Å²) >= 11 is 0. The number of hydroxylamine groups is 1. The van der Waals surface area contributed by atoms with E-state index in [1.807, 2.05) is 13.0 Å². The van der Waals surface area contributed by atoms with Gasteiger partial charge in [0.2, 0.25) is 0 Å². The fraction of sp³-hybridized carbons (Fsp3) is 0.500. The number of allylic oxidation sites excluding steroid dienone is 1. The maximum atomic E-state index is 4.45. The molecule has 0 fully saturated rings. The van der Waals surface area contributed by atoms with E-state index in [2.05, 4.69) is 10.3 Å². The zero-order valence-electron chi connectivity index (χ0n) is 4.06. The van der Waals surface area contributed by atoms with Crippen molar-refractivity contribution in [2.45, 2.75) is 6.92 Å². The number of rotatable bonds is 2. The molecular weight excluding hydrogens is 78.0 g/mol. The highest BCUT2D eigenvalue weighted by molar-refractivity contribution is 4.68. The first-order valence-corrected chi connectivity index (χ1v) is 1.81. The average Bonchev–Trinajstić information content (AvgIpc) is 1.61. The zero-order chi connectivity index (χ0) is 4.83. The molecule has 0 aliphatic rings. The first kappa shape index (κ1) is 5.50. The number of nitrogens with one attached hydrogen (secondary N) is 1. The van der Waals surface area contributed by atoms with Crippen molar-refractivity contribution in [2.75, 3.05) is 7.11 Å². The van der Waals surface area contributed by atoms with Gasteiger partial charge in [-0.15, -0.1) is 0 Å². The van der Waals surface area contributed by atoms with Crippen molar-refractivity contribution in [2.24, 2.45) is 0 Å². The van der Waals surface area contributed by atoms with Crippen LogP contribution in [0.4, 0.5) is 0 Å². The van der Waals surface area contributed by atoms with Crippen molar-refractivity contribution >= 4 is 0 Å². The minimum absolute atomic E-state index is 1.57. The predicted molar refractivity (Wildman–Crippen MR) is 25.0 cm³/mol. The fourth-order valence-electron chi connectivity index (χ4n) is 0.136. The molecule has 0 aromatic carbocycles. The molecule has 0 aliphatic carbocycles. The molecule has 2 nitrogen and oxygen atoms in total. The van der Waals surface area contributed by atoms with Gasteiger partial charge in [0.25, 0.3) is 0 Å². The molecule has 0 atom stereocenters. The van der Waals surface area contributed by atoms with Crippen molar-refractivity contribution in [3.63, 3.8) is 0 Å². The highest BCUT2D eigenvalue weighted by Crippen LogP contribution is 1.58. The normalized spacial score (nSPS) is 9.67. The van der Waals surface area contributed by atoms with E-state index < -0.39 is 0 Å². The third kappa shape index (κ3) is 3.50. The van der Waals surface area contributed by atoms with Crippen molar-refractivity contribution in [3.8, 4) is 0 Å². The third-order valence-electron chi connectivity index (χ3n) is 0.353. The number of hydrogen-bond acceptors (Lipinski definition) is 2. The van der Waals surface area contributed by atoms with Gasteiger partial charge in [-0.3, -0.25) is 10.3 Å². The molecule has 0 saturated carbocycles. The SMILES string of the molecule is C/C=C\NOC. The zero-order valence-corrected chi connectivity index (χ0v) is 4.06.